The minimum absolute atomic E-state index is 0. The van der Waals surface area contributed by atoms with Gasteiger partial charge in [0.15, 0.2) is 0 Å². The van der Waals surface area contributed by atoms with Crippen LogP contribution in [0.1, 0.15) is 156 Å². The molecule has 0 saturated heterocycles. The van der Waals surface area contributed by atoms with Crippen LogP contribution in [0.5, 0.6) is 0 Å². The molecule has 0 aromatic heterocycles. The van der Waals surface area contributed by atoms with Gasteiger partial charge in [-0.15, -0.1) is 10.1 Å². The van der Waals surface area contributed by atoms with Gasteiger partial charge >= 0.3 is 0 Å². The SMILES string of the molecule is CCCCCCCCC(CCCCCCCC)(CCCCCCCC)O[N+](=O)[O-].N. The van der Waals surface area contributed by atoms with Crippen molar-refractivity contribution >= 4 is 0 Å². The van der Waals surface area contributed by atoms with E-state index < -0.39 is 10.7 Å². The minimum atomic E-state index is -0.538. The van der Waals surface area contributed by atoms with Gasteiger partial charge in [0.25, 0.3) is 5.09 Å². The van der Waals surface area contributed by atoms with Gasteiger partial charge in [-0.1, -0.05) is 136 Å². The lowest BCUT2D eigenvalue weighted by atomic mass is 9.85. The lowest BCUT2D eigenvalue weighted by Gasteiger charge is -2.32. The van der Waals surface area contributed by atoms with Gasteiger partial charge in [0.1, 0.15) is 5.60 Å². The van der Waals surface area contributed by atoms with E-state index in [1.165, 1.54) is 96.3 Å². The smallest absolute Gasteiger partial charge is 0.295 e. The average Bonchev–Trinajstić information content (AvgIpc) is 2.69. The van der Waals surface area contributed by atoms with E-state index in [9.17, 15) is 10.1 Å². The molecule has 182 valence electrons. The first kappa shape index (κ1) is 31.3. The van der Waals surface area contributed by atoms with Crippen molar-refractivity contribution < 1.29 is 9.92 Å². The van der Waals surface area contributed by atoms with Crippen LogP contribution in [-0.2, 0) is 4.84 Å². The maximum Gasteiger partial charge on any atom is 0.295 e. The summed E-state index contributed by atoms with van der Waals surface area (Å²) in [5, 5.41) is 10.8. The molecular weight excluding hydrogens is 376 g/mol. The molecule has 0 rings (SSSR count). The van der Waals surface area contributed by atoms with Crippen LogP contribution in [0.4, 0.5) is 0 Å². The molecule has 0 bridgehead atoms. The van der Waals surface area contributed by atoms with Crippen LogP contribution >= 0.6 is 0 Å². The number of nitrogens with zero attached hydrogens (tertiary/aromatic N) is 1. The van der Waals surface area contributed by atoms with Crippen molar-refractivity contribution in [1.29, 1.82) is 0 Å². The summed E-state index contributed by atoms with van der Waals surface area (Å²) in [6.07, 6.45) is 24.5. The highest BCUT2D eigenvalue weighted by molar-refractivity contribution is 4.80. The molecule has 0 aliphatic rings. The Balaban J connectivity index is 0. The highest BCUT2D eigenvalue weighted by Crippen LogP contribution is 2.33. The van der Waals surface area contributed by atoms with Gasteiger partial charge in [0.2, 0.25) is 0 Å². The van der Waals surface area contributed by atoms with E-state index in [4.69, 9.17) is 4.84 Å². The predicted molar refractivity (Wildman–Crippen MR) is 130 cm³/mol. The number of unbranched alkanes of at least 4 members (excludes halogenated alkanes) is 15. The summed E-state index contributed by atoms with van der Waals surface area (Å²) in [6, 6.07) is 0. The lowest BCUT2D eigenvalue weighted by Crippen LogP contribution is -2.35. The molecule has 3 N–H and O–H groups in total. The van der Waals surface area contributed by atoms with Crippen molar-refractivity contribution in [3.05, 3.63) is 10.1 Å². The Kier molecular flexibility index (Phi) is 23.9. The monoisotopic (exact) mass is 430 g/mol. The minimum Gasteiger partial charge on any atom is -0.344 e. The average molecular weight is 431 g/mol. The highest BCUT2D eigenvalue weighted by atomic mass is 17.0. The molecule has 0 aromatic rings. The van der Waals surface area contributed by atoms with Gasteiger partial charge < -0.3 is 11.0 Å². The standard InChI is InChI=1S/C25H51NO3.H3N/c1-4-7-10-13-16-19-22-25(29-26(27)28,23-20-17-14-11-8-5-2)24-21-18-15-12-9-6-3;/h4-24H2,1-3H3;1H3. The number of hydrogen-bond acceptors (Lipinski definition) is 4. The fraction of sp³-hybridized carbons (Fsp3) is 1.00. The fourth-order valence-corrected chi connectivity index (χ4v) is 4.35. The van der Waals surface area contributed by atoms with Crippen LogP contribution in [0.15, 0.2) is 0 Å². The van der Waals surface area contributed by atoms with E-state index in [1.54, 1.807) is 0 Å². The van der Waals surface area contributed by atoms with Crippen LogP contribution in [0, 0.1) is 10.1 Å². The molecule has 30 heavy (non-hydrogen) atoms. The molecule has 0 spiro atoms. The zero-order chi connectivity index (χ0) is 21.6. The Morgan fingerprint density at radius 3 is 1.10 bits per heavy atom. The number of rotatable bonds is 23. The van der Waals surface area contributed by atoms with Gasteiger partial charge in [0.05, 0.1) is 0 Å². The fourth-order valence-electron chi connectivity index (χ4n) is 4.35. The first-order chi connectivity index (χ1) is 14.1. The molecular formula is C25H54N2O3. The Bertz CT molecular complexity index is 324. The van der Waals surface area contributed by atoms with Gasteiger partial charge in [-0.25, -0.2) is 0 Å². The Morgan fingerprint density at radius 2 is 0.833 bits per heavy atom. The second-order valence-corrected chi connectivity index (χ2v) is 9.05. The molecule has 0 heterocycles. The van der Waals surface area contributed by atoms with E-state index in [0.717, 1.165) is 38.5 Å². The lowest BCUT2D eigenvalue weighted by molar-refractivity contribution is -0.782. The maximum atomic E-state index is 11.3. The third-order valence-corrected chi connectivity index (χ3v) is 6.23. The van der Waals surface area contributed by atoms with Crippen LogP contribution < -0.4 is 6.15 Å². The summed E-state index contributed by atoms with van der Waals surface area (Å²) in [6.45, 7) is 6.70. The summed E-state index contributed by atoms with van der Waals surface area (Å²) < 4.78 is 0. The Labute approximate surface area is 187 Å². The van der Waals surface area contributed by atoms with E-state index in [-0.39, 0.29) is 6.15 Å². The second kappa shape index (κ2) is 22.8. The van der Waals surface area contributed by atoms with Crippen LogP contribution in [0.2, 0.25) is 0 Å². The second-order valence-electron chi connectivity index (χ2n) is 9.05. The van der Waals surface area contributed by atoms with Crippen molar-refractivity contribution in [1.82, 2.24) is 6.15 Å². The van der Waals surface area contributed by atoms with E-state index in [0.29, 0.717) is 0 Å². The highest BCUT2D eigenvalue weighted by Gasteiger charge is 2.33. The predicted octanol–water partition coefficient (Wildman–Crippen LogP) is 9.35. The molecule has 5 heteroatoms. The molecule has 0 aliphatic heterocycles. The van der Waals surface area contributed by atoms with Crippen LogP contribution in [0.3, 0.4) is 0 Å². The van der Waals surface area contributed by atoms with Gasteiger partial charge in [-0.05, 0) is 19.3 Å². The van der Waals surface area contributed by atoms with Crippen molar-refractivity contribution in [2.24, 2.45) is 0 Å². The van der Waals surface area contributed by atoms with Gasteiger partial charge in [-0.2, -0.15) is 0 Å². The van der Waals surface area contributed by atoms with Crippen molar-refractivity contribution in [3.8, 4) is 0 Å². The molecule has 0 amide bonds. The molecule has 0 radical (unpaired) electrons. The van der Waals surface area contributed by atoms with Gasteiger partial charge in [-0.3, -0.25) is 0 Å². The third kappa shape index (κ3) is 19.1. The quantitative estimate of drug-likeness (QED) is 0.0993. The van der Waals surface area contributed by atoms with Gasteiger partial charge in [0, 0.05) is 0 Å². The van der Waals surface area contributed by atoms with E-state index in [1.807, 2.05) is 0 Å². The van der Waals surface area contributed by atoms with Crippen molar-refractivity contribution in [3.63, 3.8) is 0 Å². The molecule has 0 fully saturated rings. The molecule has 0 aliphatic carbocycles. The van der Waals surface area contributed by atoms with Crippen LogP contribution in [0.25, 0.3) is 0 Å². The zero-order valence-electron chi connectivity index (χ0n) is 20.7. The summed E-state index contributed by atoms with van der Waals surface area (Å²) in [7, 11) is 0. The normalized spacial score (nSPS) is 11.3. The van der Waals surface area contributed by atoms with Crippen LogP contribution in [-0.4, -0.2) is 10.7 Å². The Morgan fingerprint density at radius 1 is 0.567 bits per heavy atom. The molecule has 5 nitrogen and oxygen atoms in total. The number of hydrogen-bond donors (Lipinski definition) is 1. The zero-order valence-corrected chi connectivity index (χ0v) is 20.7. The first-order valence-corrected chi connectivity index (χ1v) is 12.9. The topological polar surface area (TPSA) is 87.4 Å². The van der Waals surface area contributed by atoms with E-state index in [2.05, 4.69) is 20.8 Å². The van der Waals surface area contributed by atoms with Crippen molar-refractivity contribution in [2.45, 2.75) is 161 Å². The van der Waals surface area contributed by atoms with E-state index >= 15 is 0 Å². The molecule has 0 unspecified atom stereocenters. The summed E-state index contributed by atoms with van der Waals surface area (Å²) >= 11 is 0. The third-order valence-electron chi connectivity index (χ3n) is 6.23. The summed E-state index contributed by atoms with van der Waals surface area (Å²) in [5.41, 5.74) is -0.538. The Hall–Kier alpha value is -0.840. The molecule has 0 aromatic carbocycles. The first-order valence-electron chi connectivity index (χ1n) is 12.9. The molecule has 0 saturated carbocycles. The summed E-state index contributed by atoms with van der Waals surface area (Å²) in [4.78, 5) is 16.8. The van der Waals surface area contributed by atoms with Crippen molar-refractivity contribution in [2.75, 3.05) is 0 Å². The largest absolute Gasteiger partial charge is 0.344 e. The summed E-state index contributed by atoms with van der Waals surface area (Å²) in [5.74, 6) is 0. The maximum absolute atomic E-state index is 11.3. The molecule has 0 atom stereocenters.